The molecule has 5 aromatic rings. The van der Waals surface area contributed by atoms with Crippen molar-refractivity contribution in [1.29, 1.82) is 0 Å². The van der Waals surface area contributed by atoms with Crippen LogP contribution >= 0.6 is 11.8 Å². The number of alkyl halides is 2. The van der Waals surface area contributed by atoms with Gasteiger partial charge in [-0.25, -0.2) is 32.8 Å². The highest BCUT2D eigenvalue weighted by Crippen LogP contribution is 2.37. The Morgan fingerprint density at radius 3 is 2.68 bits per heavy atom. The van der Waals surface area contributed by atoms with Crippen LogP contribution in [0.15, 0.2) is 55.2 Å². The lowest BCUT2D eigenvalue weighted by molar-refractivity contribution is 0.148. The van der Waals surface area contributed by atoms with Crippen molar-refractivity contribution in [2.24, 2.45) is 5.92 Å². The molecular formula is C29H30F3N7OS. The van der Waals surface area contributed by atoms with Crippen molar-refractivity contribution in [3.63, 3.8) is 0 Å². The summed E-state index contributed by atoms with van der Waals surface area (Å²) in [6.07, 6.45) is 5.66. The first-order valence-electron chi connectivity index (χ1n) is 13.3. The molecule has 1 aromatic carbocycles. The highest BCUT2D eigenvalue weighted by atomic mass is 32.2. The van der Waals surface area contributed by atoms with E-state index in [1.54, 1.807) is 34.9 Å². The third kappa shape index (κ3) is 5.98. The minimum absolute atomic E-state index is 0.00879. The monoisotopic (exact) mass is 581 g/mol. The lowest BCUT2D eigenvalue weighted by Gasteiger charge is -2.28. The van der Waals surface area contributed by atoms with Gasteiger partial charge in [-0.2, -0.15) is 16.9 Å². The zero-order valence-corrected chi connectivity index (χ0v) is 23.5. The van der Waals surface area contributed by atoms with Gasteiger partial charge in [-0.05, 0) is 41.9 Å². The number of halogens is 3. The van der Waals surface area contributed by atoms with Gasteiger partial charge < -0.3 is 10.4 Å². The Balaban J connectivity index is 1.40. The Morgan fingerprint density at radius 2 is 1.93 bits per heavy atom. The number of nitrogens with one attached hydrogen (secondary N) is 1. The van der Waals surface area contributed by atoms with Crippen molar-refractivity contribution in [2.45, 2.75) is 32.2 Å². The number of aliphatic hydroxyl groups excluding tert-OH is 1. The molecule has 4 aromatic heterocycles. The minimum atomic E-state index is -2.93. The molecule has 0 aliphatic rings. The predicted molar refractivity (Wildman–Crippen MR) is 156 cm³/mol. The topological polar surface area (TPSA) is 102 Å². The molecule has 2 atom stereocenters. The van der Waals surface area contributed by atoms with Crippen LogP contribution in [0.3, 0.4) is 0 Å². The molecular weight excluding hydrogens is 551 g/mol. The number of aromatic nitrogens is 6. The Labute approximate surface area is 239 Å². The fourth-order valence-corrected chi connectivity index (χ4v) is 6.10. The second kappa shape index (κ2) is 12.8. The van der Waals surface area contributed by atoms with E-state index < -0.39 is 17.8 Å². The summed E-state index contributed by atoms with van der Waals surface area (Å²) in [5.41, 5.74) is 2.83. The van der Waals surface area contributed by atoms with Gasteiger partial charge in [0.2, 0.25) is 0 Å². The number of nitrogens with zero attached hydrogens (tertiary/aromatic N) is 6. The molecule has 2 unspecified atom stereocenters. The number of aliphatic hydroxyl groups is 1. The first kappa shape index (κ1) is 28.7. The van der Waals surface area contributed by atoms with Crippen molar-refractivity contribution >= 4 is 39.5 Å². The summed E-state index contributed by atoms with van der Waals surface area (Å²) in [5, 5.41) is 17.9. The van der Waals surface area contributed by atoms with Crippen molar-refractivity contribution in [3.8, 4) is 11.3 Å². The quantitative estimate of drug-likeness (QED) is 0.183. The van der Waals surface area contributed by atoms with Gasteiger partial charge in [-0.15, -0.1) is 0 Å². The molecule has 0 aliphatic carbocycles. The summed E-state index contributed by atoms with van der Waals surface area (Å²) in [6, 6.07) is 8.92. The van der Waals surface area contributed by atoms with E-state index in [2.05, 4.69) is 37.3 Å². The van der Waals surface area contributed by atoms with Crippen LogP contribution in [0.2, 0.25) is 0 Å². The summed E-state index contributed by atoms with van der Waals surface area (Å²) >= 11 is 1.70. The number of fused-ring (bicyclic) bond motifs is 2. The van der Waals surface area contributed by atoms with E-state index >= 15 is 0 Å². The zero-order chi connectivity index (χ0) is 28.9. The molecule has 0 amide bonds. The largest absolute Gasteiger partial charge is 0.394 e. The fourth-order valence-electron chi connectivity index (χ4n) is 5.32. The number of para-hydroxylation sites is 1. The van der Waals surface area contributed by atoms with Crippen LogP contribution in [-0.4, -0.2) is 60.0 Å². The average Bonchev–Trinajstić information content (AvgIpc) is 3.38. The average molecular weight is 582 g/mol. The van der Waals surface area contributed by atoms with Crippen molar-refractivity contribution in [3.05, 3.63) is 72.2 Å². The van der Waals surface area contributed by atoms with Gasteiger partial charge in [-0.1, -0.05) is 25.1 Å². The van der Waals surface area contributed by atoms with Gasteiger partial charge >= 0.3 is 0 Å². The maximum atomic E-state index is 14.3. The number of benzene rings is 1. The van der Waals surface area contributed by atoms with Crippen LogP contribution in [0.4, 0.5) is 19.0 Å². The Bertz CT molecular complexity index is 1650. The van der Waals surface area contributed by atoms with E-state index in [1.165, 1.54) is 12.4 Å². The van der Waals surface area contributed by atoms with Crippen LogP contribution in [0, 0.1) is 11.7 Å². The third-order valence-corrected chi connectivity index (χ3v) is 7.99. The molecule has 8 nitrogen and oxygen atoms in total. The SMILES string of the molecule is CCC(c1cccc2c(C(F)F)c(F)cnc12)C(CNc1cc(-c2cnc3c(cnn3CCO)c2)ncn1)CSC. The van der Waals surface area contributed by atoms with E-state index in [4.69, 9.17) is 0 Å². The number of hydrogen-bond donors (Lipinski definition) is 2. The smallest absolute Gasteiger partial charge is 0.267 e. The molecule has 0 aliphatic heterocycles. The molecule has 214 valence electrons. The zero-order valence-electron chi connectivity index (χ0n) is 22.6. The molecule has 41 heavy (non-hydrogen) atoms. The van der Waals surface area contributed by atoms with Gasteiger partial charge in [0.1, 0.15) is 12.1 Å². The Morgan fingerprint density at radius 1 is 1.07 bits per heavy atom. The van der Waals surface area contributed by atoms with Gasteiger partial charge in [0.25, 0.3) is 6.43 Å². The molecule has 4 heterocycles. The molecule has 0 radical (unpaired) electrons. The second-order valence-corrected chi connectivity index (χ2v) is 10.6. The van der Waals surface area contributed by atoms with Crippen LogP contribution in [0.25, 0.3) is 33.2 Å². The molecule has 0 bridgehead atoms. The molecule has 12 heteroatoms. The van der Waals surface area contributed by atoms with Gasteiger partial charge in [0.05, 0.1) is 42.3 Å². The molecule has 0 spiro atoms. The molecule has 5 rings (SSSR count). The molecule has 0 fully saturated rings. The maximum absolute atomic E-state index is 14.3. The Kier molecular flexibility index (Phi) is 8.99. The summed E-state index contributed by atoms with van der Waals surface area (Å²) in [4.78, 5) is 17.6. The number of rotatable bonds is 12. The van der Waals surface area contributed by atoms with Gasteiger partial charge in [0, 0.05) is 35.1 Å². The summed E-state index contributed by atoms with van der Waals surface area (Å²) in [7, 11) is 0. The van der Waals surface area contributed by atoms with E-state index in [0.29, 0.717) is 35.8 Å². The Hall–Kier alpha value is -3.77. The second-order valence-electron chi connectivity index (χ2n) is 9.69. The summed E-state index contributed by atoms with van der Waals surface area (Å²) in [5.74, 6) is 0.557. The highest BCUT2D eigenvalue weighted by Gasteiger charge is 2.26. The number of pyridine rings is 2. The van der Waals surface area contributed by atoms with E-state index in [-0.39, 0.29) is 23.8 Å². The summed E-state index contributed by atoms with van der Waals surface area (Å²) in [6.45, 7) is 2.97. The van der Waals surface area contributed by atoms with Crippen LogP contribution in [-0.2, 0) is 6.54 Å². The molecule has 2 N–H and O–H groups in total. The first-order chi connectivity index (χ1) is 19.9. The van der Waals surface area contributed by atoms with Crippen molar-refractivity contribution in [2.75, 3.05) is 30.5 Å². The number of hydrogen-bond acceptors (Lipinski definition) is 8. The molecule has 0 saturated carbocycles. The first-order valence-corrected chi connectivity index (χ1v) is 14.7. The van der Waals surface area contributed by atoms with Gasteiger partial charge in [0.15, 0.2) is 11.5 Å². The lowest BCUT2D eigenvalue weighted by atomic mass is 9.83. The summed E-state index contributed by atoms with van der Waals surface area (Å²) < 4.78 is 43.3. The third-order valence-electron chi connectivity index (χ3n) is 7.22. The van der Waals surface area contributed by atoms with E-state index in [9.17, 15) is 18.3 Å². The number of anilines is 1. The maximum Gasteiger partial charge on any atom is 0.267 e. The molecule has 0 saturated heterocycles. The van der Waals surface area contributed by atoms with E-state index in [1.807, 2.05) is 24.5 Å². The fraction of sp³-hybridized carbons (Fsp3) is 0.345. The predicted octanol–water partition coefficient (Wildman–Crippen LogP) is 6.09. The van der Waals surface area contributed by atoms with Gasteiger partial charge in [-0.3, -0.25) is 4.98 Å². The van der Waals surface area contributed by atoms with E-state index in [0.717, 1.165) is 34.9 Å². The standard InChI is InChI=1S/C29H30F3N7OS/c1-3-20(21-5-4-6-22-26(28(31)32)23(30)14-34-27(21)22)19(15-41-2)12-33-25-10-24(36-16-37-25)17-9-18-13-38-39(7-8-40)29(18)35-11-17/h4-6,9-11,13-14,16,19-20,28,40H,3,7-8,12,15H2,1-2H3,(H,33,36,37). The van der Waals surface area contributed by atoms with Crippen molar-refractivity contribution in [1.82, 2.24) is 29.7 Å². The minimum Gasteiger partial charge on any atom is -0.394 e. The van der Waals surface area contributed by atoms with Crippen LogP contribution in [0.5, 0.6) is 0 Å². The lowest BCUT2D eigenvalue weighted by Crippen LogP contribution is -2.24. The number of thioether (sulfide) groups is 1. The normalized spacial score (nSPS) is 13.2. The van der Waals surface area contributed by atoms with Crippen LogP contribution in [0.1, 0.15) is 36.8 Å². The van der Waals surface area contributed by atoms with Crippen molar-refractivity contribution < 1.29 is 18.3 Å². The highest BCUT2D eigenvalue weighted by molar-refractivity contribution is 7.98. The van der Waals surface area contributed by atoms with Crippen LogP contribution < -0.4 is 5.32 Å².